The van der Waals surface area contributed by atoms with E-state index >= 15 is 0 Å². The van der Waals surface area contributed by atoms with Gasteiger partial charge in [-0.2, -0.15) is 0 Å². The van der Waals surface area contributed by atoms with E-state index in [1.165, 1.54) is 31.7 Å². The van der Waals surface area contributed by atoms with Crippen molar-refractivity contribution in [2.24, 2.45) is 17.8 Å². The lowest BCUT2D eigenvalue weighted by Crippen LogP contribution is -2.59. The summed E-state index contributed by atoms with van der Waals surface area (Å²) in [5, 5.41) is 3.28. The first kappa shape index (κ1) is 12.1. The van der Waals surface area contributed by atoms with E-state index in [1.807, 2.05) is 0 Å². The molecule has 0 radical (unpaired) electrons. The molecule has 4 bridgehead atoms. The van der Waals surface area contributed by atoms with E-state index in [0.29, 0.717) is 11.5 Å². The molecule has 1 amide bonds. The summed E-state index contributed by atoms with van der Waals surface area (Å²) in [6.07, 6.45) is 10.5. The molecule has 0 atom stereocenters. The number of aromatic nitrogens is 2. The monoisotopic (exact) mass is 272 g/mol. The molecule has 0 aliphatic heterocycles. The molecule has 5 heteroatoms. The predicted octanol–water partition coefficient (Wildman–Crippen LogP) is 1.76. The van der Waals surface area contributed by atoms with Gasteiger partial charge < -0.3 is 11.1 Å². The third-order valence-electron chi connectivity index (χ3n) is 5.32. The summed E-state index contributed by atoms with van der Waals surface area (Å²) in [5.41, 5.74) is 5.90. The first-order chi connectivity index (χ1) is 9.62. The van der Waals surface area contributed by atoms with Gasteiger partial charge in [-0.25, -0.2) is 9.97 Å². The van der Waals surface area contributed by atoms with E-state index in [9.17, 15) is 4.79 Å². The van der Waals surface area contributed by atoms with E-state index < -0.39 is 0 Å². The molecule has 5 nitrogen and oxygen atoms in total. The van der Waals surface area contributed by atoms with E-state index in [4.69, 9.17) is 5.73 Å². The fourth-order valence-corrected chi connectivity index (χ4v) is 5.02. The molecule has 4 fully saturated rings. The largest absolute Gasteiger partial charge is 0.382 e. The zero-order valence-corrected chi connectivity index (χ0v) is 11.5. The van der Waals surface area contributed by atoms with Gasteiger partial charge in [0.15, 0.2) is 0 Å². The standard InChI is InChI=1S/C15H20N4O/c16-13-8-17-12(7-18-13)14(20)19-15-4-9-1-10(5-15)3-11(2-9)6-15/h7-11H,1-6H2,(H2,16,18)(H,19,20). The zero-order valence-electron chi connectivity index (χ0n) is 11.5. The molecule has 3 N–H and O–H groups in total. The van der Waals surface area contributed by atoms with Gasteiger partial charge in [0.1, 0.15) is 11.5 Å². The highest BCUT2D eigenvalue weighted by Gasteiger charge is 2.51. The van der Waals surface area contributed by atoms with Crippen LogP contribution in [0.25, 0.3) is 0 Å². The number of nitrogens with two attached hydrogens (primary N) is 1. The summed E-state index contributed by atoms with van der Waals surface area (Å²) in [6, 6.07) is 0. The Labute approximate surface area is 118 Å². The molecular formula is C15H20N4O. The van der Waals surface area contributed by atoms with Crippen LogP contribution in [0, 0.1) is 17.8 Å². The SMILES string of the molecule is Nc1cnc(C(=O)NC23CC4CC(CC(C4)C2)C3)cn1. The highest BCUT2D eigenvalue weighted by Crippen LogP contribution is 2.55. The van der Waals surface area contributed by atoms with Crippen LogP contribution in [0.1, 0.15) is 49.0 Å². The second-order valence-corrected chi connectivity index (χ2v) is 6.98. The smallest absolute Gasteiger partial charge is 0.271 e. The second-order valence-electron chi connectivity index (χ2n) is 6.98. The van der Waals surface area contributed by atoms with Gasteiger partial charge in [-0.05, 0) is 56.3 Å². The quantitative estimate of drug-likeness (QED) is 0.859. The summed E-state index contributed by atoms with van der Waals surface area (Å²) in [7, 11) is 0. The minimum atomic E-state index is -0.0977. The van der Waals surface area contributed by atoms with Crippen molar-refractivity contribution in [1.29, 1.82) is 0 Å². The first-order valence-electron chi connectivity index (χ1n) is 7.52. The molecule has 106 valence electrons. The molecular weight excluding hydrogens is 252 g/mol. The topological polar surface area (TPSA) is 80.9 Å². The van der Waals surface area contributed by atoms with Gasteiger partial charge in [0.05, 0.1) is 12.4 Å². The number of amides is 1. The van der Waals surface area contributed by atoms with Crippen LogP contribution >= 0.6 is 0 Å². The first-order valence-corrected chi connectivity index (χ1v) is 7.52. The van der Waals surface area contributed by atoms with Crippen molar-refractivity contribution in [1.82, 2.24) is 15.3 Å². The molecule has 0 spiro atoms. The van der Waals surface area contributed by atoms with Crippen LogP contribution in [0.5, 0.6) is 0 Å². The fourth-order valence-electron chi connectivity index (χ4n) is 5.02. The summed E-state index contributed by atoms with van der Waals surface area (Å²) < 4.78 is 0. The second kappa shape index (κ2) is 4.17. The molecule has 4 saturated carbocycles. The summed E-state index contributed by atoms with van der Waals surface area (Å²) in [4.78, 5) is 20.4. The van der Waals surface area contributed by atoms with Crippen LogP contribution < -0.4 is 11.1 Å². The van der Waals surface area contributed by atoms with Gasteiger partial charge in [-0.15, -0.1) is 0 Å². The maximum Gasteiger partial charge on any atom is 0.271 e. The fraction of sp³-hybridized carbons (Fsp3) is 0.667. The van der Waals surface area contributed by atoms with E-state index in [1.54, 1.807) is 0 Å². The van der Waals surface area contributed by atoms with Crippen LogP contribution in [-0.2, 0) is 0 Å². The van der Waals surface area contributed by atoms with E-state index in [2.05, 4.69) is 15.3 Å². The molecule has 0 unspecified atom stereocenters. The highest BCUT2D eigenvalue weighted by molar-refractivity contribution is 5.92. The number of rotatable bonds is 2. The Bertz CT molecular complexity index is 504. The Morgan fingerprint density at radius 3 is 2.20 bits per heavy atom. The highest BCUT2D eigenvalue weighted by atomic mass is 16.2. The Morgan fingerprint density at radius 2 is 1.70 bits per heavy atom. The third-order valence-corrected chi connectivity index (χ3v) is 5.32. The molecule has 1 heterocycles. The third kappa shape index (κ3) is 1.96. The Morgan fingerprint density at radius 1 is 1.10 bits per heavy atom. The van der Waals surface area contributed by atoms with Gasteiger partial charge in [0.2, 0.25) is 0 Å². The molecule has 1 aromatic heterocycles. The number of nitrogens with one attached hydrogen (secondary N) is 1. The van der Waals surface area contributed by atoms with Crippen LogP contribution in [0.15, 0.2) is 12.4 Å². The van der Waals surface area contributed by atoms with Crippen molar-refractivity contribution in [2.75, 3.05) is 5.73 Å². The predicted molar refractivity (Wildman–Crippen MR) is 74.8 cm³/mol. The van der Waals surface area contributed by atoms with Gasteiger partial charge in [-0.3, -0.25) is 4.79 Å². The average Bonchev–Trinajstić information content (AvgIpc) is 2.37. The molecule has 5 rings (SSSR count). The van der Waals surface area contributed by atoms with Crippen LogP contribution in [-0.4, -0.2) is 21.4 Å². The number of hydrogen-bond donors (Lipinski definition) is 2. The van der Waals surface area contributed by atoms with Gasteiger partial charge in [-0.1, -0.05) is 0 Å². The van der Waals surface area contributed by atoms with Crippen molar-refractivity contribution in [3.05, 3.63) is 18.1 Å². The van der Waals surface area contributed by atoms with Gasteiger partial charge in [0.25, 0.3) is 5.91 Å². The Balaban J connectivity index is 1.53. The van der Waals surface area contributed by atoms with Crippen molar-refractivity contribution in [2.45, 2.75) is 44.1 Å². The number of anilines is 1. The maximum absolute atomic E-state index is 12.4. The lowest BCUT2D eigenvalue weighted by molar-refractivity contribution is -0.0167. The molecule has 4 aliphatic rings. The molecule has 1 aromatic rings. The minimum Gasteiger partial charge on any atom is -0.382 e. The normalized spacial score (nSPS) is 37.9. The summed E-state index contributed by atoms with van der Waals surface area (Å²) in [6.45, 7) is 0. The van der Waals surface area contributed by atoms with Crippen LogP contribution in [0.4, 0.5) is 5.82 Å². The van der Waals surface area contributed by atoms with Crippen molar-refractivity contribution >= 4 is 11.7 Å². The average molecular weight is 272 g/mol. The minimum absolute atomic E-state index is 0.0227. The number of hydrogen-bond acceptors (Lipinski definition) is 4. The van der Waals surface area contributed by atoms with E-state index in [0.717, 1.165) is 37.0 Å². The lowest BCUT2D eigenvalue weighted by atomic mass is 9.53. The van der Waals surface area contributed by atoms with Crippen molar-refractivity contribution in [3.8, 4) is 0 Å². The zero-order chi connectivity index (χ0) is 13.7. The lowest BCUT2D eigenvalue weighted by Gasteiger charge is -2.56. The van der Waals surface area contributed by atoms with Crippen molar-refractivity contribution in [3.63, 3.8) is 0 Å². The Kier molecular flexibility index (Phi) is 2.53. The maximum atomic E-state index is 12.4. The van der Waals surface area contributed by atoms with Gasteiger partial charge >= 0.3 is 0 Å². The number of carbonyl (C=O) groups excluding carboxylic acids is 1. The summed E-state index contributed by atoms with van der Waals surface area (Å²) in [5.74, 6) is 2.70. The number of carbonyl (C=O) groups is 1. The van der Waals surface area contributed by atoms with Crippen LogP contribution in [0.3, 0.4) is 0 Å². The number of nitrogens with zero attached hydrogens (tertiary/aromatic N) is 2. The summed E-state index contributed by atoms with van der Waals surface area (Å²) >= 11 is 0. The number of nitrogen functional groups attached to an aromatic ring is 1. The van der Waals surface area contributed by atoms with E-state index in [-0.39, 0.29) is 11.4 Å². The van der Waals surface area contributed by atoms with Crippen molar-refractivity contribution < 1.29 is 4.79 Å². The molecule has 0 aromatic carbocycles. The molecule has 4 aliphatic carbocycles. The Hall–Kier alpha value is -1.65. The molecule has 0 saturated heterocycles. The van der Waals surface area contributed by atoms with Gasteiger partial charge in [0, 0.05) is 5.54 Å². The van der Waals surface area contributed by atoms with Crippen LogP contribution in [0.2, 0.25) is 0 Å². The molecule has 20 heavy (non-hydrogen) atoms.